The van der Waals surface area contributed by atoms with E-state index in [1.54, 1.807) is 6.33 Å². The normalized spacial score (nSPS) is 14.1. The molecule has 1 aromatic heterocycles. The van der Waals surface area contributed by atoms with Crippen LogP contribution in [0.2, 0.25) is 0 Å². The minimum Gasteiger partial charge on any atom is -0.454 e. The summed E-state index contributed by atoms with van der Waals surface area (Å²) in [5.41, 5.74) is 0.863. The van der Waals surface area contributed by atoms with Gasteiger partial charge in [-0.3, -0.25) is 9.69 Å². The van der Waals surface area contributed by atoms with Crippen LogP contribution >= 0.6 is 0 Å². The first-order valence-corrected chi connectivity index (χ1v) is 8.69. The van der Waals surface area contributed by atoms with Gasteiger partial charge in [0.1, 0.15) is 18.2 Å². The molecule has 2 aromatic rings. The zero-order valence-corrected chi connectivity index (χ0v) is 15.6. The van der Waals surface area contributed by atoms with E-state index in [0.29, 0.717) is 30.5 Å². The highest BCUT2D eigenvalue weighted by atomic mass is 16.7. The average molecular weight is 359 g/mol. The average Bonchev–Trinajstić information content (AvgIpc) is 3.23. The predicted molar refractivity (Wildman–Crippen MR) is 96.1 cm³/mol. The Morgan fingerprint density at radius 2 is 2.08 bits per heavy atom. The summed E-state index contributed by atoms with van der Waals surface area (Å²) >= 11 is 0. The Morgan fingerprint density at radius 3 is 2.81 bits per heavy atom. The number of aromatic nitrogens is 3. The van der Waals surface area contributed by atoms with Gasteiger partial charge < -0.3 is 19.4 Å². The fraction of sp³-hybridized carbons (Fsp3) is 0.500. The van der Waals surface area contributed by atoms with E-state index in [-0.39, 0.29) is 12.7 Å². The van der Waals surface area contributed by atoms with Gasteiger partial charge in [0.15, 0.2) is 11.5 Å². The quantitative estimate of drug-likeness (QED) is 0.808. The van der Waals surface area contributed by atoms with Crippen molar-refractivity contribution >= 4 is 5.91 Å². The molecule has 0 spiro atoms. The summed E-state index contributed by atoms with van der Waals surface area (Å²) in [6.45, 7) is 4.87. The molecule has 0 saturated carbocycles. The lowest BCUT2D eigenvalue weighted by Crippen LogP contribution is -2.38. The molecule has 3 rings (SSSR count). The third-order valence-electron chi connectivity index (χ3n) is 4.33. The van der Waals surface area contributed by atoms with Gasteiger partial charge in [0.05, 0.1) is 0 Å². The van der Waals surface area contributed by atoms with Crippen LogP contribution in [0.15, 0.2) is 24.5 Å². The summed E-state index contributed by atoms with van der Waals surface area (Å²) in [6, 6.07) is 5.48. The zero-order chi connectivity index (χ0) is 18.7. The number of benzene rings is 1. The number of hydrogen-bond donors (Lipinski definition) is 1. The molecule has 0 saturated heterocycles. The van der Waals surface area contributed by atoms with Gasteiger partial charge in [-0.25, -0.2) is 0 Å². The molecular formula is C18H25N5O3. The minimum atomic E-state index is -0.410. The third-order valence-corrected chi connectivity index (χ3v) is 4.33. The second kappa shape index (κ2) is 7.74. The third kappa shape index (κ3) is 3.80. The van der Waals surface area contributed by atoms with Crippen LogP contribution in [0.4, 0.5) is 0 Å². The number of nitrogens with one attached hydrogen (secondary N) is 1. The van der Waals surface area contributed by atoms with Crippen LogP contribution in [-0.4, -0.2) is 53.0 Å². The van der Waals surface area contributed by atoms with Crippen molar-refractivity contribution in [3.63, 3.8) is 0 Å². The second-order valence-electron chi connectivity index (χ2n) is 6.77. The number of carbonyl (C=O) groups is 1. The highest BCUT2D eigenvalue weighted by Crippen LogP contribution is 2.35. The van der Waals surface area contributed by atoms with E-state index < -0.39 is 6.04 Å². The molecular weight excluding hydrogens is 334 g/mol. The molecule has 0 aliphatic carbocycles. The predicted octanol–water partition coefficient (Wildman–Crippen LogP) is 1.55. The molecule has 8 heteroatoms. The van der Waals surface area contributed by atoms with Crippen molar-refractivity contribution in [2.24, 2.45) is 0 Å². The van der Waals surface area contributed by atoms with E-state index in [1.807, 2.05) is 41.8 Å². The zero-order valence-electron chi connectivity index (χ0n) is 15.6. The number of likely N-dealkylation sites (N-methyl/N-ethyl adjacent to an activating group) is 1. The Bertz CT molecular complexity index is 772. The van der Waals surface area contributed by atoms with Gasteiger partial charge in [-0.05, 0) is 45.6 Å². The van der Waals surface area contributed by atoms with Gasteiger partial charge in [0.25, 0.3) is 0 Å². The van der Waals surface area contributed by atoms with E-state index in [1.165, 1.54) is 0 Å². The maximum absolute atomic E-state index is 12.8. The van der Waals surface area contributed by atoms with Gasteiger partial charge in [-0.15, -0.1) is 10.2 Å². The molecule has 1 N–H and O–H groups in total. The fourth-order valence-corrected chi connectivity index (χ4v) is 3.04. The minimum absolute atomic E-state index is 0.0653. The largest absolute Gasteiger partial charge is 0.454 e. The molecule has 0 unspecified atom stereocenters. The van der Waals surface area contributed by atoms with Crippen molar-refractivity contribution in [3.8, 4) is 11.5 Å². The van der Waals surface area contributed by atoms with Crippen LogP contribution in [0.1, 0.15) is 37.3 Å². The van der Waals surface area contributed by atoms with Crippen molar-refractivity contribution in [2.75, 3.05) is 27.4 Å². The number of hydrogen-bond acceptors (Lipinski definition) is 6. The van der Waals surface area contributed by atoms with Gasteiger partial charge in [-0.2, -0.15) is 0 Å². The van der Waals surface area contributed by atoms with E-state index >= 15 is 0 Å². The molecule has 2 heterocycles. The lowest BCUT2D eigenvalue weighted by Gasteiger charge is -2.24. The van der Waals surface area contributed by atoms with E-state index in [4.69, 9.17) is 9.47 Å². The summed E-state index contributed by atoms with van der Waals surface area (Å²) in [6.07, 6.45) is 2.35. The van der Waals surface area contributed by atoms with E-state index in [2.05, 4.69) is 29.4 Å². The lowest BCUT2D eigenvalue weighted by atomic mass is 10.0. The molecule has 0 fully saturated rings. The van der Waals surface area contributed by atoms with Crippen LogP contribution < -0.4 is 14.8 Å². The molecule has 1 aliphatic rings. The first kappa shape index (κ1) is 18.2. The summed E-state index contributed by atoms with van der Waals surface area (Å²) < 4.78 is 12.8. The van der Waals surface area contributed by atoms with Gasteiger partial charge in [-0.1, -0.05) is 6.07 Å². The van der Waals surface area contributed by atoms with E-state index in [0.717, 1.165) is 11.4 Å². The van der Waals surface area contributed by atoms with Crippen molar-refractivity contribution in [2.45, 2.75) is 32.4 Å². The van der Waals surface area contributed by atoms with Crippen LogP contribution in [0.25, 0.3) is 0 Å². The second-order valence-corrected chi connectivity index (χ2v) is 6.77. The molecule has 26 heavy (non-hydrogen) atoms. The summed E-state index contributed by atoms with van der Waals surface area (Å²) in [5, 5.41) is 11.1. The highest BCUT2D eigenvalue weighted by molar-refractivity contribution is 5.83. The lowest BCUT2D eigenvalue weighted by molar-refractivity contribution is -0.125. The number of rotatable bonds is 7. The van der Waals surface area contributed by atoms with Crippen molar-refractivity contribution in [1.82, 2.24) is 25.0 Å². The van der Waals surface area contributed by atoms with Gasteiger partial charge >= 0.3 is 0 Å². The van der Waals surface area contributed by atoms with Crippen molar-refractivity contribution in [3.05, 3.63) is 35.9 Å². The Morgan fingerprint density at radius 1 is 1.31 bits per heavy atom. The maximum Gasteiger partial charge on any atom is 0.241 e. The number of carbonyl (C=O) groups excluding carboxylic acids is 1. The Hall–Kier alpha value is -2.61. The van der Waals surface area contributed by atoms with E-state index in [9.17, 15) is 4.79 Å². The molecule has 1 aliphatic heterocycles. The van der Waals surface area contributed by atoms with Gasteiger partial charge in [0, 0.05) is 19.0 Å². The highest BCUT2D eigenvalue weighted by Gasteiger charge is 2.25. The van der Waals surface area contributed by atoms with Crippen LogP contribution in [-0.2, 0) is 11.2 Å². The Labute approximate surface area is 153 Å². The van der Waals surface area contributed by atoms with Crippen molar-refractivity contribution in [1.29, 1.82) is 0 Å². The monoisotopic (exact) mass is 359 g/mol. The molecule has 0 bridgehead atoms. The smallest absolute Gasteiger partial charge is 0.241 e. The standard InChI is InChI=1S/C18H25N5O3/c1-12(2)23-10-20-21-16(23)7-8-19-18(24)17(22(3)4)13-5-6-14-15(9-13)26-11-25-14/h5-6,9-10,12,17H,7-8,11H2,1-4H3,(H,19,24)/t17-/m0/s1. The Kier molecular flexibility index (Phi) is 5.41. The van der Waals surface area contributed by atoms with Crippen LogP contribution in [0.5, 0.6) is 11.5 Å². The number of amides is 1. The first-order valence-electron chi connectivity index (χ1n) is 8.69. The van der Waals surface area contributed by atoms with Crippen LogP contribution in [0, 0.1) is 0 Å². The first-order chi connectivity index (χ1) is 12.5. The summed E-state index contributed by atoms with van der Waals surface area (Å²) in [5.74, 6) is 2.18. The molecule has 1 aromatic carbocycles. The van der Waals surface area contributed by atoms with Gasteiger partial charge in [0.2, 0.25) is 12.7 Å². The molecule has 8 nitrogen and oxygen atoms in total. The molecule has 0 radical (unpaired) electrons. The molecule has 1 atom stereocenters. The molecule has 1 amide bonds. The summed E-state index contributed by atoms with van der Waals surface area (Å²) in [4.78, 5) is 14.6. The number of ether oxygens (including phenoxy) is 2. The molecule has 140 valence electrons. The SMILES string of the molecule is CC(C)n1cnnc1CCNC(=O)[C@H](c1ccc2c(c1)OCO2)N(C)C. The topological polar surface area (TPSA) is 81.5 Å². The summed E-state index contributed by atoms with van der Waals surface area (Å²) in [7, 11) is 3.76. The maximum atomic E-state index is 12.8. The number of nitrogens with zero attached hydrogens (tertiary/aromatic N) is 4. The Balaban J connectivity index is 1.65. The number of fused-ring (bicyclic) bond motifs is 1. The van der Waals surface area contributed by atoms with Crippen LogP contribution in [0.3, 0.4) is 0 Å². The van der Waals surface area contributed by atoms with Crippen molar-refractivity contribution < 1.29 is 14.3 Å². The fourth-order valence-electron chi connectivity index (χ4n) is 3.04.